The maximum absolute atomic E-state index is 6.03. The number of nitrogens with two attached hydrogens (primary N) is 1. The molecule has 0 saturated heterocycles. The Morgan fingerprint density at radius 1 is 0.643 bits per heavy atom. The largest absolute Gasteiger partial charge is 0.405 e. The monoisotopic (exact) mass is 720 g/mol. The highest BCUT2D eigenvalue weighted by atomic mass is 127. The van der Waals surface area contributed by atoms with E-state index in [0.717, 1.165) is 53.3 Å². The number of fused-ring (bicyclic) bond motifs is 3. The molecule has 0 atom stereocenters. The van der Waals surface area contributed by atoms with Crippen molar-refractivity contribution in [2.45, 2.75) is 0 Å². The maximum atomic E-state index is 6.03. The van der Waals surface area contributed by atoms with Gasteiger partial charge in [0.05, 0.1) is 14.9 Å². The third-order valence-electron chi connectivity index (χ3n) is 7.44. The van der Waals surface area contributed by atoms with Gasteiger partial charge >= 0.3 is 0 Å². The number of rotatable bonds is 6. The summed E-state index contributed by atoms with van der Waals surface area (Å²) in [4.78, 5) is 2.29. The Hall–Kier alpha value is -4.27. The zero-order valence-electron chi connectivity index (χ0n) is 22.5. The Bertz CT molecular complexity index is 2020. The maximum Gasteiger partial charge on any atom is 0.132 e. The Morgan fingerprint density at radius 3 is 1.88 bits per heavy atom. The summed E-state index contributed by atoms with van der Waals surface area (Å²) in [6.45, 7) is 0. The van der Waals surface area contributed by atoms with Crippen molar-refractivity contribution in [1.29, 1.82) is 0 Å². The van der Waals surface area contributed by atoms with Gasteiger partial charge in [-0.25, -0.2) is 0 Å². The topological polar surface area (TPSA) is 39.1 Å². The number of hydrogen-bond donors (Lipinski definition) is 1. The third kappa shape index (κ3) is 4.51. The molecule has 0 aliphatic carbocycles. The van der Waals surface area contributed by atoms with Gasteiger partial charge in [0.15, 0.2) is 0 Å². The molecule has 204 valence electrons. The van der Waals surface area contributed by atoms with Gasteiger partial charge < -0.3 is 10.6 Å². The lowest BCUT2D eigenvalue weighted by molar-refractivity contribution is 1.01. The lowest BCUT2D eigenvalue weighted by atomic mass is 10.1. The number of nitrogens with zero attached hydrogens (tertiary/aromatic N) is 3. The van der Waals surface area contributed by atoms with Crippen LogP contribution in [0.25, 0.3) is 39.4 Å². The molecular formula is C36H26BrIN4. The summed E-state index contributed by atoms with van der Waals surface area (Å²) in [6, 6.07) is 46.7. The smallest absolute Gasteiger partial charge is 0.132 e. The molecule has 0 fully saturated rings. The minimum atomic E-state index is 0.989. The van der Waals surface area contributed by atoms with Crippen molar-refractivity contribution >= 4 is 83.6 Å². The first kappa shape index (κ1) is 26.6. The van der Waals surface area contributed by atoms with Gasteiger partial charge in [-0.2, -0.15) is 0 Å². The fourth-order valence-electron chi connectivity index (χ4n) is 5.76. The molecule has 2 N–H and O–H groups in total. The van der Waals surface area contributed by atoms with Crippen molar-refractivity contribution in [2.75, 3.05) is 4.90 Å². The first-order valence-electron chi connectivity index (χ1n) is 13.6. The second-order valence-electron chi connectivity index (χ2n) is 9.96. The standard InChI is InChI=1S/C36H26BrIN4/c37-25-22-29(40(26-12-4-1-5-13-26)27-14-6-2-7-15-27)24-30(23-25)42-35(38)32(20-21-39)34-31-18-10-11-19-33(31)41(36(34)42)28-16-8-3-9-17-28/h1-24H,39H2/b21-20-. The molecule has 0 spiro atoms. The number of anilines is 3. The van der Waals surface area contributed by atoms with E-state index < -0.39 is 0 Å². The molecule has 7 aromatic rings. The molecule has 2 heterocycles. The van der Waals surface area contributed by atoms with Crippen LogP contribution in [0.3, 0.4) is 0 Å². The summed E-state index contributed by atoms with van der Waals surface area (Å²) in [5.74, 6) is 0. The third-order valence-corrected chi connectivity index (χ3v) is 8.96. The van der Waals surface area contributed by atoms with Gasteiger partial charge in [0, 0.05) is 43.6 Å². The van der Waals surface area contributed by atoms with Crippen LogP contribution >= 0.6 is 38.5 Å². The van der Waals surface area contributed by atoms with E-state index in [0.29, 0.717) is 0 Å². The molecule has 0 aliphatic rings. The van der Waals surface area contributed by atoms with Gasteiger partial charge in [-0.15, -0.1) is 0 Å². The Labute approximate surface area is 266 Å². The molecule has 7 rings (SSSR count). The van der Waals surface area contributed by atoms with Gasteiger partial charge in [-0.1, -0.05) is 88.7 Å². The number of para-hydroxylation sites is 4. The van der Waals surface area contributed by atoms with Gasteiger partial charge in [0.1, 0.15) is 5.65 Å². The van der Waals surface area contributed by atoms with E-state index >= 15 is 0 Å². The van der Waals surface area contributed by atoms with Crippen molar-refractivity contribution in [3.8, 4) is 11.4 Å². The van der Waals surface area contributed by atoms with Crippen LogP contribution in [-0.4, -0.2) is 9.13 Å². The normalized spacial score (nSPS) is 11.6. The molecule has 0 saturated carbocycles. The van der Waals surface area contributed by atoms with Crippen molar-refractivity contribution in [2.24, 2.45) is 5.73 Å². The molecule has 4 nitrogen and oxygen atoms in total. The molecule has 42 heavy (non-hydrogen) atoms. The minimum absolute atomic E-state index is 0.989. The fourth-order valence-corrected chi connectivity index (χ4v) is 7.19. The van der Waals surface area contributed by atoms with Gasteiger partial charge in [0.2, 0.25) is 0 Å². The summed E-state index contributed by atoms with van der Waals surface area (Å²) < 4.78 is 6.78. The lowest BCUT2D eigenvalue weighted by Crippen LogP contribution is -2.11. The Morgan fingerprint density at radius 2 is 1.24 bits per heavy atom. The average molecular weight is 721 g/mol. The molecule has 0 radical (unpaired) electrons. The number of halogens is 2. The SMILES string of the molecule is N/C=C\c1c(I)n(-c2cc(Br)cc(N(c3ccccc3)c3ccccc3)c2)c2c1c1ccccc1n2-c1ccccc1. The highest BCUT2D eigenvalue weighted by molar-refractivity contribution is 14.1. The summed E-state index contributed by atoms with van der Waals surface area (Å²) in [6.07, 6.45) is 3.65. The minimum Gasteiger partial charge on any atom is -0.405 e. The summed E-state index contributed by atoms with van der Waals surface area (Å²) in [5, 5.41) is 2.36. The molecule has 2 aromatic heterocycles. The van der Waals surface area contributed by atoms with Crippen LogP contribution in [-0.2, 0) is 0 Å². The van der Waals surface area contributed by atoms with Crippen molar-refractivity contribution in [3.63, 3.8) is 0 Å². The number of hydrogen-bond acceptors (Lipinski definition) is 2. The Kier molecular flexibility index (Phi) is 7.09. The van der Waals surface area contributed by atoms with E-state index in [1.54, 1.807) is 6.20 Å². The van der Waals surface area contributed by atoms with Crippen molar-refractivity contribution < 1.29 is 0 Å². The van der Waals surface area contributed by atoms with Crippen LogP contribution in [0.5, 0.6) is 0 Å². The van der Waals surface area contributed by atoms with Crippen LogP contribution in [0.15, 0.2) is 144 Å². The first-order chi connectivity index (χ1) is 20.7. The zero-order valence-corrected chi connectivity index (χ0v) is 26.3. The first-order valence-corrected chi connectivity index (χ1v) is 15.5. The summed E-state index contributed by atoms with van der Waals surface area (Å²) in [7, 11) is 0. The van der Waals surface area contributed by atoms with E-state index in [1.807, 2.05) is 18.2 Å². The van der Waals surface area contributed by atoms with E-state index in [4.69, 9.17) is 5.73 Å². The van der Waals surface area contributed by atoms with E-state index in [-0.39, 0.29) is 0 Å². The highest BCUT2D eigenvalue weighted by Crippen LogP contribution is 2.42. The van der Waals surface area contributed by atoms with E-state index in [2.05, 4.69) is 174 Å². The summed E-state index contributed by atoms with van der Waals surface area (Å²) >= 11 is 6.33. The van der Waals surface area contributed by atoms with Crippen LogP contribution in [0.4, 0.5) is 17.1 Å². The predicted octanol–water partition coefficient (Wildman–Crippen LogP) is 10.3. The van der Waals surface area contributed by atoms with Crippen LogP contribution in [0.2, 0.25) is 0 Å². The second kappa shape index (κ2) is 11.2. The van der Waals surface area contributed by atoms with Crippen molar-refractivity contribution in [1.82, 2.24) is 9.13 Å². The Balaban J connectivity index is 1.56. The zero-order chi connectivity index (χ0) is 28.6. The molecular weight excluding hydrogens is 695 g/mol. The van der Waals surface area contributed by atoms with Crippen molar-refractivity contribution in [3.05, 3.63) is 153 Å². The quantitative estimate of drug-likeness (QED) is 0.174. The van der Waals surface area contributed by atoms with Gasteiger partial charge in [0.25, 0.3) is 0 Å². The van der Waals surface area contributed by atoms with Crippen LogP contribution in [0.1, 0.15) is 5.56 Å². The van der Waals surface area contributed by atoms with Gasteiger partial charge in [-0.3, -0.25) is 9.13 Å². The van der Waals surface area contributed by atoms with E-state index in [9.17, 15) is 0 Å². The number of aromatic nitrogens is 2. The second-order valence-corrected chi connectivity index (χ2v) is 11.9. The molecule has 0 unspecified atom stereocenters. The lowest BCUT2D eigenvalue weighted by Gasteiger charge is -2.26. The fraction of sp³-hybridized carbons (Fsp3) is 0. The van der Waals surface area contributed by atoms with Crippen LogP contribution in [0, 0.1) is 3.70 Å². The van der Waals surface area contributed by atoms with Gasteiger partial charge in [-0.05, 0) is 95.5 Å². The molecule has 0 bridgehead atoms. The predicted molar refractivity (Wildman–Crippen MR) is 188 cm³/mol. The molecule has 0 amide bonds. The van der Waals surface area contributed by atoms with Crippen LogP contribution < -0.4 is 10.6 Å². The molecule has 6 heteroatoms. The number of benzene rings is 5. The average Bonchev–Trinajstić information content (AvgIpc) is 3.50. The van der Waals surface area contributed by atoms with E-state index in [1.165, 1.54) is 10.8 Å². The molecule has 0 aliphatic heterocycles. The highest BCUT2D eigenvalue weighted by Gasteiger charge is 2.25. The molecule has 5 aromatic carbocycles. The summed E-state index contributed by atoms with van der Waals surface area (Å²) in [5.41, 5.74) is 14.7.